The monoisotopic (exact) mass is 310 g/mol. The molecule has 1 N–H and O–H groups in total. The average molecular weight is 310 g/mol. The summed E-state index contributed by atoms with van der Waals surface area (Å²) in [4.78, 5) is 13.4. The molecule has 0 unspecified atom stereocenters. The maximum atomic E-state index is 4.66. The van der Waals surface area contributed by atoms with Crippen molar-refractivity contribution < 1.29 is 0 Å². The van der Waals surface area contributed by atoms with Gasteiger partial charge in [0, 0.05) is 35.8 Å². The minimum absolute atomic E-state index is 0.717. The van der Waals surface area contributed by atoms with E-state index in [1.807, 2.05) is 19.1 Å². The van der Waals surface area contributed by atoms with Crippen LogP contribution in [-0.2, 0) is 6.42 Å². The summed E-state index contributed by atoms with van der Waals surface area (Å²) in [6, 6.07) is 6.04. The van der Waals surface area contributed by atoms with Crippen LogP contribution in [0.4, 0.5) is 5.82 Å². The first-order chi connectivity index (χ1) is 10.7. The first-order valence-corrected chi connectivity index (χ1v) is 8.19. The molecule has 3 aromatic rings. The van der Waals surface area contributed by atoms with E-state index in [2.05, 4.69) is 44.0 Å². The molecule has 0 saturated heterocycles. The molecular weight excluding hydrogens is 292 g/mol. The fourth-order valence-corrected chi connectivity index (χ4v) is 2.89. The van der Waals surface area contributed by atoms with Gasteiger partial charge in [0.2, 0.25) is 0 Å². The molecule has 4 nitrogen and oxygen atoms in total. The standard InChI is InChI=1S/C17H18N4S/c1-12-13(2)20-17(15-4-3-7-18-10-15)21-16(12)19-8-5-14-6-9-22-11-14/h3-4,6-7,9-11H,5,8H2,1-2H3,(H,19,20,21). The largest absolute Gasteiger partial charge is 0.369 e. The second-order valence-corrected chi connectivity index (χ2v) is 5.94. The molecule has 3 rings (SSSR count). The Kier molecular flexibility index (Phi) is 4.44. The van der Waals surface area contributed by atoms with Gasteiger partial charge in [-0.25, -0.2) is 9.97 Å². The van der Waals surface area contributed by atoms with E-state index in [0.717, 1.165) is 35.6 Å². The van der Waals surface area contributed by atoms with Gasteiger partial charge in [-0.3, -0.25) is 4.98 Å². The van der Waals surface area contributed by atoms with Gasteiger partial charge in [-0.1, -0.05) is 0 Å². The Bertz CT molecular complexity index is 739. The van der Waals surface area contributed by atoms with E-state index >= 15 is 0 Å². The SMILES string of the molecule is Cc1nc(-c2cccnc2)nc(NCCc2ccsc2)c1C. The molecule has 0 fully saturated rings. The Morgan fingerprint density at radius 3 is 2.82 bits per heavy atom. The van der Waals surface area contributed by atoms with Crippen molar-refractivity contribution in [3.8, 4) is 11.4 Å². The first kappa shape index (κ1) is 14.7. The van der Waals surface area contributed by atoms with Crippen LogP contribution in [-0.4, -0.2) is 21.5 Å². The Morgan fingerprint density at radius 1 is 1.18 bits per heavy atom. The molecule has 0 radical (unpaired) electrons. The summed E-state index contributed by atoms with van der Waals surface area (Å²) >= 11 is 1.73. The Hall–Kier alpha value is -2.27. The minimum atomic E-state index is 0.717. The van der Waals surface area contributed by atoms with E-state index in [4.69, 9.17) is 0 Å². The zero-order valence-electron chi connectivity index (χ0n) is 12.7. The van der Waals surface area contributed by atoms with Crippen LogP contribution in [0.5, 0.6) is 0 Å². The summed E-state index contributed by atoms with van der Waals surface area (Å²) in [6.07, 6.45) is 4.54. The first-order valence-electron chi connectivity index (χ1n) is 7.24. The van der Waals surface area contributed by atoms with Crippen molar-refractivity contribution in [1.82, 2.24) is 15.0 Å². The molecule has 5 heteroatoms. The number of thiophene rings is 1. The number of hydrogen-bond acceptors (Lipinski definition) is 5. The molecule has 0 bridgehead atoms. The average Bonchev–Trinajstić information content (AvgIpc) is 3.05. The molecule has 112 valence electrons. The van der Waals surface area contributed by atoms with Crippen molar-refractivity contribution in [1.29, 1.82) is 0 Å². The van der Waals surface area contributed by atoms with Gasteiger partial charge in [-0.05, 0) is 54.8 Å². The van der Waals surface area contributed by atoms with Crippen LogP contribution in [0.15, 0.2) is 41.4 Å². The van der Waals surface area contributed by atoms with Crippen molar-refractivity contribution in [2.45, 2.75) is 20.3 Å². The van der Waals surface area contributed by atoms with Crippen LogP contribution in [0.2, 0.25) is 0 Å². The molecule has 0 aliphatic rings. The molecule has 0 spiro atoms. The van der Waals surface area contributed by atoms with Crippen molar-refractivity contribution in [3.05, 3.63) is 58.2 Å². The zero-order chi connectivity index (χ0) is 15.4. The smallest absolute Gasteiger partial charge is 0.163 e. The van der Waals surface area contributed by atoms with Gasteiger partial charge in [-0.2, -0.15) is 11.3 Å². The summed E-state index contributed by atoms with van der Waals surface area (Å²) < 4.78 is 0. The van der Waals surface area contributed by atoms with Crippen LogP contribution >= 0.6 is 11.3 Å². The molecule has 0 atom stereocenters. The predicted molar refractivity (Wildman–Crippen MR) is 91.2 cm³/mol. The summed E-state index contributed by atoms with van der Waals surface area (Å²) in [7, 11) is 0. The Balaban J connectivity index is 1.79. The van der Waals surface area contributed by atoms with Gasteiger partial charge in [0.25, 0.3) is 0 Å². The molecule has 0 aliphatic carbocycles. The third-order valence-corrected chi connectivity index (χ3v) is 4.33. The van der Waals surface area contributed by atoms with Crippen LogP contribution in [0, 0.1) is 13.8 Å². The van der Waals surface area contributed by atoms with E-state index in [9.17, 15) is 0 Å². The van der Waals surface area contributed by atoms with Crippen molar-refractivity contribution in [2.24, 2.45) is 0 Å². The lowest BCUT2D eigenvalue weighted by Crippen LogP contribution is -2.10. The lowest BCUT2D eigenvalue weighted by molar-refractivity contribution is 0.987. The van der Waals surface area contributed by atoms with Gasteiger partial charge >= 0.3 is 0 Å². The molecule has 22 heavy (non-hydrogen) atoms. The highest BCUT2D eigenvalue weighted by molar-refractivity contribution is 7.07. The van der Waals surface area contributed by atoms with E-state index in [1.54, 1.807) is 23.7 Å². The fourth-order valence-electron chi connectivity index (χ4n) is 2.19. The van der Waals surface area contributed by atoms with Gasteiger partial charge in [0.1, 0.15) is 5.82 Å². The lowest BCUT2D eigenvalue weighted by atomic mass is 10.2. The molecule has 0 aliphatic heterocycles. The Labute approximate surface area is 134 Å². The third-order valence-electron chi connectivity index (χ3n) is 3.60. The highest BCUT2D eigenvalue weighted by Crippen LogP contribution is 2.21. The number of rotatable bonds is 5. The Morgan fingerprint density at radius 2 is 2.09 bits per heavy atom. The normalized spacial score (nSPS) is 10.6. The number of nitrogens with one attached hydrogen (secondary N) is 1. The topological polar surface area (TPSA) is 50.7 Å². The molecule has 0 aromatic carbocycles. The molecule has 3 heterocycles. The predicted octanol–water partition coefficient (Wildman–Crippen LogP) is 3.87. The van der Waals surface area contributed by atoms with Crippen molar-refractivity contribution >= 4 is 17.2 Å². The fraction of sp³-hybridized carbons (Fsp3) is 0.235. The van der Waals surface area contributed by atoms with Gasteiger partial charge in [0.15, 0.2) is 5.82 Å². The lowest BCUT2D eigenvalue weighted by Gasteiger charge is -2.12. The van der Waals surface area contributed by atoms with E-state index < -0.39 is 0 Å². The van der Waals surface area contributed by atoms with Gasteiger partial charge in [-0.15, -0.1) is 0 Å². The van der Waals surface area contributed by atoms with Crippen LogP contribution < -0.4 is 5.32 Å². The maximum Gasteiger partial charge on any atom is 0.163 e. The summed E-state index contributed by atoms with van der Waals surface area (Å²) in [5.41, 5.74) is 4.38. The number of aromatic nitrogens is 3. The molecular formula is C17H18N4S. The van der Waals surface area contributed by atoms with E-state index in [-0.39, 0.29) is 0 Å². The second kappa shape index (κ2) is 6.66. The molecule has 0 saturated carbocycles. The molecule has 0 amide bonds. The van der Waals surface area contributed by atoms with Crippen LogP contribution in [0.3, 0.4) is 0 Å². The summed E-state index contributed by atoms with van der Waals surface area (Å²) in [6.45, 7) is 4.93. The maximum absolute atomic E-state index is 4.66. The highest BCUT2D eigenvalue weighted by Gasteiger charge is 2.09. The number of nitrogens with zero attached hydrogens (tertiary/aromatic N) is 3. The number of pyridine rings is 1. The number of aryl methyl sites for hydroxylation is 1. The summed E-state index contributed by atoms with van der Waals surface area (Å²) in [5.74, 6) is 1.62. The van der Waals surface area contributed by atoms with Gasteiger partial charge in [0.05, 0.1) is 0 Å². The number of anilines is 1. The number of hydrogen-bond donors (Lipinski definition) is 1. The quantitative estimate of drug-likeness (QED) is 0.777. The van der Waals surface area contributed by atoms with Crippen molar-refractivity contribution in [2.75, 3.05) is 11.9 Å². The molecule has 3 aromatic heterocycles. The van der Waals surface area contributed by atoms with Crippen LogP contribution in [0.25, 0.3) is 11.4 Å². The van der Waals surface area contributed by atoms with Crippen LogP contribution in [0.1, 0.15) is 16.8 Å². The third kappa shape index (κ3) is 3.31. The van der Waals surface area contributed by atoms with Crippen molar-refractivity contribution in [3.63, 3.8) is 0 Å². The zero-order valence-corrected chi connectivity index (χ0v) is 13.5. The van der Waals surface area contributed by atoms with E-state index in [0.29, 0.717) is 5.82 Å². The highest BCUT2D eigenvalue weighted by atomic mass is 32.1. The summed E-state index contributed by atoms with van der Waals surface area (Å²) in [5, 5.41) is 7.72. The van der Waals surface area contributed by atoms with Gasteiger partial charge < -0.3 is 5.32 Å². The minimum Gasteiger partial charge on any atom is -0.369 e. The second-order valence-electron chi connectivity index (χ2n) is 5.16. The van der Waals surface area contributed by atoms with E-state index in [1.165, 1.54) is 5.56 Å².